The second-order valence-electron chi connectivity index (χ2n) is 36.1. The molecule has 6 aliphatic rings. The molecule has 14 rings (SSSR count). The van der Waals surface area contributed by atoms with Crippen LogP contribution in [0.3, 0.4) is 0 Å². The van der Waals surface area contributed by atoms with Crippen LogP contribution in [0.1, 0.15) is 165 Å². The molecule has 0 unspecified atom stereocenters. The van der Waals surface area contributed by atoms with Gasteiger partial charge in [-0.05, 0) is 226 Å². The quantitative estimate of drug-likeness (QED) is 0.0123. The molecule has 5 amide bonds. The smallest absolute Gasteiger partial charge is 0.243 e. The number of pyridine rings is 1. The Bertz CT molecular complexity index is 5140. The number of phenolic OH excluding ortho intramolecular Hbond substituents is 1. The van der Waals surface area contributed by atoms with Gasteiger partial charge in [-0.3, -0.25) is 53.2 Å². The lowest BCUT2D eigenvalue weighted by Gasteiger charge is -2.47. The van der Waals surface area contributed by atoms with Crippen LogP contribution in [0.25, 0.3) is 27.4 Å². The summed E-state index contributed by atoms with van der Waals surface area (Å²) in [6, 6.07) is 33.1. The largest absolute Gasteiger partial charge is 0.508 e. The Morgan fingerprint density at radius 1 is 0.571 bits per heavy atom. The van der Waals surface area contributed by atoms with Gasteiger partial charge in [0, 0.05) is 165 Å². The average Bonchev–Trinajstić information content (AvgIpc) is 1.55. The molecule has 3 saturated heterocycles. The maximum atomic E-state index is 16.4. The van der Waals surface area contributed by atoms with Crippen LogP contribution in [-0.4, -0.2) is 224 Å². The Kier molecular flexibility index (Phi) is 32.3. The van der Waals surface area contributed by atoms with E-state index in [0.717, 1.165) is 79.1 Å². The number of aromatic amines is 2. The number of rotatable bonds is 28. The van der Waals surface area contributed by atoms with Gasteiger partial charge >= 0.3 is 0 Å². The lowest BCUT2D eigenvalue weighted by Crippen LogP contribution is -2.60. The van der Waals surface area contributed by atoms with E-state index in [1.807, 2.05) is 78.1 Å². The number of unbranched alkanes of at least 4 members (excludes halogenated alkanes) is 1. The number of aromatic hydroxyl groups is 1. The Morgan fingerprint density at radius 3 is 1.87 bits per heavy atom. The van der Waals surface area contributed by atoms with Crippen molar-refractivity contribution < 1.29 is 48.6 Å². The van der Waals surface area contributed by atoms with E-state index >= 15 is 38.4 Å². The maximum Gasteiger partial charge on any atom is 0.243 e. The first-order chi connectivity index (χ1) is 61.1. The van der Waals surface area contributed by atoms with Gasteiger partial charge in [-0.2, -0.15) is 23.5 Å². The fraction of sp³-hybridized carbons (Fsp3) is 0.495. The number of para-hydroxylation sites is 1. The van der Waals surface area contributed by atoms with Gasteiger partial charge in [0.25, 0.3) is 0 Å². The highest BCUT2D eigenvalue weighted by atomic mass is 32.2. The molecule has 0 radical (unpaired) electrons. The number of aliphatic imine (C=N–C) groups is 1. The lowest BCUT2D eigenvalue weighted by molar-refractivity contribution is -0.136. The highest BCUT2D eigenvalue weighted by Crippen LogP contribution is 2.50. The SMILES string of the molecule is C[C@@H](O)[C@@H]1NC(=O)[C@H](CCCCN)NC(=O)[C@@H](Cc2c[nH]c3ccccc23)NC(=O)[C@H](Cc2ccncc2)NC(=O)[C@H](Cc2ccccc2)NC(=O)[C@H](CCCN=C(N)N)CC(=O)[C@H](N(CCSC[C@@H]2C[C@@H]3c4cccc5c4C(=CC5)C[C@H]3N(C)C2)CCSC[C@@H]2C[C@@H]3c4cccc5[nH]cc(c45)C[C@H]3N(C)C2)CCCCCC(=O)[C@H](Cc2ccc(O)cc2)CC1=O. The highest BCUT2D eigenvalue weighted by Gasteiger charge is 2.44. The van der Waals surface area contributed by atoms with E-state index in [-0.39, 0.29) is 94.2 Å². The van der Waals surface area contributed by atoms with Gasteiger partial charge in [-0.1, -0.05) is 110 Å². The molecule has 6 heterocycles. The summed E-state index contributed by atoms with van der Waals surface area (Å²) in [5, 5.41) is 38.9. The topological polar surface area (TPSA) is 382 Å². The zero-order valence-electron chi connectivity index (χ0n) is 73.0. The van der Waals surface area contributed by atoms with Gasteiger partial charge in [-0.25, -0.2) is 0 Å². The van der Waals surface area contributed by atoms with E-state index in [0.29, 0.717) is 116 Å². The molecule has 25 nitrogen and oxygen atoms in total. The summed E-state index contributed by atoms with van der Waals surface area (Å²) in [4.78, 5) is 147. The molecule has 670 valence electrons. The van der Waals surface area contributed by atoms with Crippen molar-refractivity contribution in [3.05, 3.63) is 208 Å². The molecule has 0 bridgehead atoms. The first-order valence-corrected chi connectivity index (χ1v) is 47.9. The molecule has 3 fully saturated rings. The number of fused-ring (bicyclic) bond motifs is 5. The van der Waals surface area contributed by atoms with Crippen molar-refractivity contribution in [2.75, 3.05) is 76.4 Å². The number of Topliss-reactive ketones (excluding diaryl/α,β-unsaturated/α-hetero) is 3. The molecule has 8 aromatic rings. The van der Waals surface area contributed by atoms with Crippen LogP contribution in [0.4, 0.5) is 0 Å². The van der Waals surface area contributed by atoms with Gasteiger partial charge in [-0.15, -0.1) is 0 Å². The zero-order valence-corrected chi connectivity index (χ0v) is 74.7. The maximum absolute atomic E-state index is 16.4. The minimum atomic E-state index is -1.54. The van der Waals surface area contributed by atoms with E-state index in [1.54, 1.807) is 42.9 Å². The van der Waals surface area contributed by atoms with Crippen LogP contribution in [0.5, 0.6) is 5.75 Å². The number of aromatic nitrogens is 3. The summed E-state index contributed by atoms with van der Waals surface area (Å²) in [5.74, 6) is -1.70. The third kappa shape index (κ3) is 23.7. The van der Waals surface area contributed by atoms with Crippen LogP contribution in [-0.2, 0) is 76.9 Å². The fourth-order valence-electron chi connectivity index (χ4n) is 20.6. The second-order valence-corrected chi connectivity index (χ2v) is 38.4. The highest BCUT2D eigenvalue weighted by molar-refractivity contribution is 7.99. The predicted octanol–water partition coefficient (Wildman–Crippen LogP) is 9.94. The van der Waals surface area contributed by atoms with Crippen molar-refractivity contribution >= 4 is 104 Å². The minimum Gasteiger partial charge on any atom is -0.508 e. The average molecular weight is 1750 g/mol. The second kappa shape index (κ2) is 44.1. The van der Waals surface area contributed by atoms with Crippen molar-refractivity contribution in [2.45, 2.75) is 208 Å². The number of aliphatic hydroxyl groups is 1. The number of ketones is 3. The van der Waals surface area contributed by atoms with Crippen LogP contribution in [0.2, 0.25) is 0 Å². The Labute approximate surface area is 748 Å². The first kappa shape index (κ1) is 92.2. The predicted molar refractivity (Wildman–Crippen MR) is 500 cm³/mol. The molecule has 15 atom stereocenters. The fourth-order valence-corrected chi connectivity index (χ4v) is 22.8. The molecule has 126 heavy (non-hydrogen) atoms. The summed E-state index contributed by atoms with van der Waals surface area (Å²) in [6.07, 6.45) is 15.7. The summed E-state index contributed by atoms with van der Waals surface area (Å²) in [6.45, 7) is 4.90. The van der Waals surface area contributed by atoms with Crippen molar-refractivity contribution in [3.63, 3.8) is 0 Å². The summed E-state index contributed by atoms with van der Waals surface area (Å²) < 4.78 is 0. The standard InChI is InChI=1S/C99H127N15O10S2/c1-61(115)93-90(119)54-70(45-63-29-33-73(116)34-30-63)88(117)28-9-5-8-27-85(114(41-43-125-59-65-46-77-75-22-14-19-67-31-32-68(91(67)75)51-86(77)112(2)57-65)42-44-126-60-66-47-78-76-23-15-26-80-92(76)72(56-106-80)52-87(78)113(3)58-66)89(118)53-69(20-16-38-104-99(101)102)94(120)108-82(48-62-17-6-4-7-18-62)96(122)109-83(49-64-35-39-103-40-36-64)97(123)110-84(50-71-55-105-79-24-11-10-21-74(71)79)98(124)107-81(95(121)111-93)25-12-13-37-100/h4,6-7,10-11,14-15,17-19,21-24,26,29-30,32-36,39-40,55-56,61,65-66,69-70,77-78,81-87,93,105-106,115-116H,5,8-9,12-13,16,20,25,27-28,31,37-38,41-54,57-60,100H2,1-3H3,(H,107,124)(H,108,120)(H,109,122)(H,110,123)(H,111,121)(H4,101,102,104)/t61-,65-,66-,69-,70-,77-,78-,81+,82+,83+,84-,85-,86-,87-,93+/m1/s1. The number of benzene rings is 5. The Morgan fingerprint density at radius 2 is 1.17 bits per heavy atom. The molecule has 3 aromatic heterocycles. The number of nitrogens with zero attached hydrogens (tertiary/aromatic N) is 5. The number of nitrogens with two attached hydrogens (primary N) is 3. The van der Waals surface area contributed by atoms with Crippen LogP contribution in [0, 0.1) is 23.7 Å². The summed E-state index contributed by atoms with van der Waals surface area (Å²) >= 11 is 3.86. The van der Waals surface area contributed by atoms with Crippen molar-refractivity contribution in [2.24, 2.45) is 45.9 Å². The Balaban J connectivity index is 0.797. The number of carbonyl (C=O) groups excluding carboxylic acids is 8. The van der Waals surface area contributed by atoms with Crippen molar-refractivity contribution in [1.29, 1.82) is 0 Å². The molecule has 3 aliphatic carbocycles. The number of hydrogen-bond donors (Lipinski definition) is 12. The van der Waals surface area contributed by atoms with Gasteiger partial charge < -0.3 is 73.8 Å². The molecule has 15 N–H and O–H groups in total. The van der Waals surface area contributed by atoms with Crippen molar-refractivity contribution in [1.82, 2.24) is 56.2 Å². The van der Waals surface area contributed by atoms with E-state index < -0.39 is 89.5 Å². The van der Waals surface area contributed by atoms with Gasteiger partial charge in [0.1, 0.15) is 41.7 Å². The number of carbonyl (C=O) groups is 8. The zero-order chi connectivity index (χ0) is 88.3. The summed E-state index contributed by atoms with van der Waals surface area (Å²) in [5.41, 5.74) is 31.1. The number of guanidine groups is 1. The van der Waals surface area contributed by atoms with E-state index in [9.17, 15) is 10.2 Å². The normalized spacial score (nSPS) is 25.6. The molecular formula is C99H127N15O10S2. The van der Waals surface area contributed by atoms with Crippen LogP contribution < -0.4 is 43.8 Å². The number of piperidine rings is 2. The van der Waals surface area contributed by atoms with Crippen LogP contribution in [0.15, 0.2) is 163 Å². The molecule has 3 aliphatic heterocycles. The van der Waals surface area contributed by atoms with Gasteiger partial charge in [0.15, 0.2) is 17.5 Å². The lowest BCUT2D eigenvalue weighted by atomic mass is 9.70. The number of thioether (sulfide) groups is 2. The van der Waals surface area contributed by atoms with Gasteiger partial charge in [0.05, 0.1) is 12.1 Å². The van der Waals surface area contributed by atoms with Crippen molar-refractivity contribution in [3.8, 4) is 5.75 Å². The molecule has 0 spiro atoms. The number of amides is 5. The number of nitrogens with one attached hydrogen (secondary N) is 7. The number of hydrogen-bond acceptors (Lipinski definition) is 18. The number of H-pyrrole nitrogens is 2. The molecular weight excluding hydrogens is 1620 g/mol. The Hall–Kier alpha value is -10.0. The number of phenols is 1. The van der Waals surface area contributed by atoms with Crippen LogP contribution >= 0.6 is 23.5 Å². The number of aliphatic hydroxyl groups excluding tert-OH is 1. The van der Waals surface area contributed by atoms with Gasteiger partial charge in [0.2, 0.25) is 29.5 Å². The third-order valence-electron chi connectivity index (χ3n) is 27.2. The summed E-state index contributed by atoms with van der Waals surface area (Å²) in [7, 11) is 4.56. The first-order valence-electron chi connectivity index (χ1n) is 45.6. The third-order valence-corrected chi connectivity index (χ3v) is 29.5. The van der Waals surface area contributed by atoms with E-state index in [4.69, 9.17) is 17.2 Å². The van der Waals surface area contributed by atoms with E-state index in [2.05, 4.69) is 124 Å². The minimum absolute atomic E-state index is 0.0188. The molecule has 0 saturated carbocycles. The van der Waals surface area contributed by atoms with E-state index in [1.165, 1.54) is 63.3 Å². The molecule has 27 heteroatoms. The number of likely N-dealkylation sites (tertiary alicyclic amines) is 2. The molecule has 5 aromatic carbocycles. The number of allylic oxidation sites excluding steroid dienone is 1. The monoisotopic (exact) mass is 1750 g/mol. The number of likely N-dealkylation sites (N-methyl/N-ethyl adjacent to an activating group) is 2.